The molecule has 1 rings (SSSR count). The highest BCUT2D eigenvalue weighted by Gasteiger charge is 2.11. The molecular weight excluding hydrogens is 190 g/mol. The lowest BCUT2D eigenvalue weighted by Gasteiger charge is -1.99. The third-order valence-corrected chi connectivity index (χ3v) is 1.44. The van der Waals surface area contributed by atoms with Crippen LogP contribution in [-0.4, -0.2) is 27.7 Å². The van der Waals surface area contributed by atoms with Crippen LogP contribution in [0.3, 0.4) is 0 Å². The third kappa shape index (κ3) is 2.23. The molecule has 1 aromatic heterocycles. The number of amides is 1. The largest absolute Gasteiger partial charge is 0.376 e. The van der Waals surface area contributed by atoms with E-state index in [9.17, 15) is 14.9 Å². The summed E-state index contributed by atoms with van der Waals surface area (Å²) < 4.78 is 0. The second-order valence-corrected chi connectivity index (χ2v) is 2.35. The van der Waals surface area contributed by atoms with Crippen molar-refractivity contribution in [1.29, 1.82) is 0 Å². The summed E-state index contributed by atoms with van der Waals surface area (Å²) in [7, 11) is 0. The van der Waals surface area contributed by atoms with Crippen molar-refractivity contribution in [1.82, 2.24) is 10.3 Å². The number of nitrogens with zero attached hydrogens (tertiary/aromatic N) is 2. The highest BCUT2D eigenvalue weighted by atomic mass is 16.6. The minimum absolute atomic E-state index is 0.0354. The SMILES string of the molecule is O=C(NCO)c1cncc([N+](=O)[O-])c1. The maximum Gasteiger partial charge on any atom is 0.288 e. The van der Waals surface area contributed by atoms with E-state index in [0.717, 1.165) is 12.3 Å². The van der Waals surface area contributed by atoms with E-state index in [2.05, 4.69) is 10.3 Å². The van der Waals surface area contributed by atoms with Gasteiger partial charge in [0, 0.05) is 12.3 Å². The van der Waals surface area contributed by atoms with Gasteiger partial charge in [-0.05, 0) is 0 Å². The van der Waals surface area contributed by atoms with Gasteiger partial charge in [0.25, 0.3) is 11.6 Å². The molecule has 2 N–H and O–H groups in total. The van der Waals surface area contributed by atoms with Gasteiger partial charge in [-0.3, -0.25) is 19.9 Å². The molecule has 14 heavy (non-hydrogen) atoms. The molecule has 0 spiro atoms. The highest BCUT2D eigenvalue weighted by molar-refractivity contribution is 5.94. The molecule has 0 aliphatic heterocycles. The Kier molecular flexibility index (Phi) is 3.08. The number of rotatable bonds is 3. The zero-order chi connectivity index (χ0) is 10.6. The van der Waals surface area contributed by atoms with Gasteiger partial charge in [-0.2, -0.15) is 0 Å². The lowest BCUT2D eigenvalue weighted by molar-refractivity contribution is -0.385. The minimum Gasteiger partial charge on any atom is -0.376 e. The van der Waals surface area contributed by atoms with Crippen molar-refractivity contribution in [2.75, 3.05) is 6.73 Å². The van der Waals surface area contributed by atoms with Crippen LogP contribution in [0.5, 0.6) is 0 Å². The molecule has 0 radical (unpaired) electrons. The lowest BCUT2D eigenvalue weighted by atomic mass is 10.2. The number of hydrogen-bond acceptors (Lipinski definition) is 5. The van der Waals surface area contributed by atoms with E-state index in [1.807, 2.05) is 0 Å². The summed E-state index contributed by atoms with van der Waals surface area (Å²) >= 11 is 0. The van der Waals surface area contributed by atoms with E-state index in [0.29, 0.717) is 0 Å². The van der Waals surface area contributed by atoms with E-state index in [1.165, 1.54) is 6.20 Å². The predicted molar refractivity (Wildman–Crippen MR) is 45.4 cm³/mol. The molecule has 1 aromatic rings. The maximum atomic E-state index is 11.1. The molecule has 0 aliphatic carbocycles. The van der Waals surface area contributed by atoms with Crippen LogP contribution < -0.4 is 5.32 Å². The van der Waals surface area contributed by atoms with Crippen LogP contribution in [0.25, 0.3) is 0 Å². The molecule has 1 amide bonds. The average Bonchev–Trinajstić information content (AvgIpc) is 2.18. The van der Waals surface area contributed by atoms with E-state index >= 15 is 0 Å². The summed E-state index contributed by atoms with van der Waals surface area (Å²) in [6.07, 6.45) is 2.22. The Labute approximate surface area is 78.5 Å². The first kappa shape index (κ1) is 10.1. The number of carbonyl (C=O) groups excluding carboxylic acids is 1. The molecule has 0 saturated heterocycles. The van der Waals surface area contributed by atoms with Gasteiger partial charge in [0.15, 0.2) is 0 Å². The van der Waals surface area contributed by atoms with Gasteiger partial charge in [-0.15, -0.1) is 0 Å². The topological polar surface area (TPSA) is 105 Å². The number of hydrogen-bond donors (Lipinski definition) is 2. The lowest BCUT2D eigenvalue weighted by Crippen LogP contribution is -2.24. The van der Waals surface area contributed by atoms with Gasteiger partial charge >= 0.3 is 0 Å². The van der Waals surface area contributed by atoms with Crippen LogP contribution >= 0.6 is 0 Å². The summed E-state index contributed by atoms with van der Waals surface area (Å²) in [4.78, 5) is 24.3. The van der Waals surface area contributed by atoms with Crippen molar-refractivity contribution in [3.63, 3.8) is 0 Å². The summed E-state index contributed by atoms with van der Waals surface area (Å²) in [5, 5.41) is 20.8. The standard InChI is InChI=1S/C7H7N3O4/c11-4-9-7(12)5-1-6(10(13)14)3-8-2-5/h1-3,11H,4H2,(H,9,12). The van der Waals surface area contributed by atoms with Gasteiger partial charge in [0.1, 0.15) is 12.9 Å². The van der Waals surface area contributed by atoms with Gasteiger partial charge < -0.3 is 10.4 Å². The second-order valence-electron chi connectivity index (χ2n) is 2.35. The molecule has 0 aromatic carbocycles. The van der Waals surface area contributed by atoms with Crippen molar-refractivity contribution >= 4 is 11.6 Å². The number of nitrogens with one attached hydrogen (secondary N) is 1. The summed E-state index contributed by atoms with van der Waals surface area (Å²) in [6, 6.07) is 1.08. The first-order valence-corrected chi connectivity index (χ1v) is 3.63. The molecular formula is C7H7N3O4. The molecule has 74 valence electrons. The van der Waals surface area contributed by atoms with Crippen LogP contribution in [0.2, 0.25) is 0 Å². The normalized spacial score (nSPS) is 9.50. The molecule has 7 heteroatoms. The molecule has 0 unspecified atom stereocenters. The summed E-state index contributed by atoms with van der Waals surface area (Å²) in [5.41, 5.74) is -0.233. The Hall–Kier alpha value is -2.02. The molecule has 7 nitrogen and oxygen atoms in total. The molecule has 0 bridgehead atoms. The number of aliphatic hydroxyl groups excluding tert-OH is 1. The Morgan fingerprint density at radius 2 is 2.36 bits per heavy atom. The van der Waals surface area contributed by atoms with E-state index < -0.39 is 17.6 Å². The zero-order valence-electron chi connectivity index (χ0n) is 7.01. The first-order chi connectivity index (χ1) is 6.65. The third-order valence-electron chi connectivity index (χ3n) is 1.44. The predicted octanol–water partition coefficient (Wildman–Crippen LogP) is -0.331. The zero-order valence-corrected chi connectivity index (χ0v) is 7.01. The average molecular weight is 197 g/mol. The van der Waals surface area contributed by atoms with E-state index in [1.54, 1.807) is 0 Å². The number of nitro groups is 1. The second kappa shape index (κ2) is 4.28. The van der Waals surface area contributed by atoms with Crippen LogP contribution in [0.15, 0.2) is 18.5 Å². The van der Waals surface area contributed by atoms with Gasteiger partial charge in [0.05, 0.1) is 10.5 Å². The Balaban J connectivity index is 2.93. The van der Waals surface area contributed by atoms with Crippen LogP contribution in [-0.2, 0) is 0 Å². The molecule has 0 aliphatic rings. The summed E-state index contributed by atoms with van der Waals surface area (Å²) in [5.74, 6) is -0.608. The minimum atomic E-state index is -0.650. The Morgan fingerprint density at radius 1 is 1.64 bits per heavy atom. The van der Waals surface area contributed by atoms with Crippen molar-refractivity contribution < 1.29 is 14.8 Å². The molecule has 0 saturated carbocycles. The number of aliphatic hydroxyl groups is 1. The van der Waals surface area contributed by atoms with Gasteiger partial charge in [-0.1, -0.05) is 0 Å². The quantitative estimate of drug-likeness (QED) is 0.392. The van der Waals surface area contributed by atoms with Crippen molar-refractivity contribution in [2.45, 2.75) is 0 Å². The maximum absolute atomic E-state index is 11.1. The highest BCUT2D eigenvalue weighted by Crippen LogP contribution is 2.10. The molecule has 1 heterocycles. The Morgan fingerprint density at radius 3 is 2.93 bits per heavy atom. The van der Waals surface area contributed by atoms with Crippen molar-refractivity contribution in [2.24, 2.45) is 0 Å². The fraction of sp³-hybridized carbons (Fsp3) is 0.143. The van der Waals surface area contributed by atoms with Gasteiger partial charge in [0.2, 0.25) is 0 Å². The van der Waals surface area contributed by atoms with Crippen molar-refractivity contribution in [3.05, 3.63) is 34.1 Å². The molecule has 0 atom stereocenters. The van der Waals surface area contributed by atoms with E-state index in [-0.39, 0.29) is 11.3 Å². The van der Waals surface area contributed by atoms with Gasteiger partial charge in [-0.25, -0.2) is 0 Å². The fourth-order valence-corrected chi connectivity index (χ4v) is 0.826. The number of pyridine rings is 1. The van der Waals surface area contributed by atoms with Crippen LogP contribution in [0.1, 0.15) is 10.4 Å². The number of carbonyl (C=O) groups is 1. The number of aromatic nitrogens is 1. The van der Waals surface area contributed by atoms with Crippen LogP contribution in [0.4, 0.5) is 5.69 Å². The van der Waals surface area contributed by atoms with Crippen molar-refractivity contribution in [3.8, 4) is 0 Å². The summed E-state index contributed by atoms with van der Waals surface area (Å²) in [6.45, 7) is -0.526. The van der Waals surface area contributed by atoms with Crippen LogP contribution in [0, 0.1) is 10.1 Å². The monoisotopic (exact) mass is 197 g/mol. The van der Waals surface area contributed by atoms with E-state index in [4.69, 9.17) is 5.11 Å². The molecule has 0 fully saturated rings. The first-order valence-electron chi connectivity index (χ1n) is 3.63. The fourth-order valence-electron chi connectivity index (χ4n) is 0.826. The smallest absolute Gasteiger partial charge is 0.288 e. The Bertz CT molecular complexity index is 366.